The Morgan fingerprint density at radius 3 is 2.79 bits per heavy atom. The standard InChI is InChI=1S/C11H12N6O2/c1-7-2-4-14-11(10(7)17(18)19)15-6-9-13-5-3-8(12)16-9/h2-5H,6H2,1H3,(H,14,15)(H2,12,13,16). The SMILES string of the molecule is Cc1ccnc(NCc2nccc(N)n2)c1[N+](=O)[O-]. The van der Waals surface area contributed by atoms with Crippen molar-refractivity contribution in [3.05, 3.63) is 46.0 Å². The molecule has 0 aliphatic rings. The molecule has 2 aromatic heterocycles. The van der Waals surface area contributed by atoms with Crippen molar-refractivity contribution in [2.75, 3.05) is 11.1 Å². The van der Waals surface area contributed by atoms with Gasteiger partial charge in [0, 0.05) is 18.0 Å². The van der Waals surface area contributed by atoms with Gasteiger partial charge < -0.3 is 11.1 Å². The van der Waals surface area contributed by atoms with Gasteiger partial charge in [-0.2, -0.15) is 0 Å². The lowest BCUT2D eigenvalue weighted by Gasteiger charge is -2.06. The zero-order chi connectivity index (χ0) is 13.8. The van der Waals surface area contributed by atoms with E-state index in [1.807, 2.05) is 0 Å². The molecule has 0 aromatic carbocycles. The second-order valence-electron chi connectivity index (χ2n) is 3.83. The van der Waals surface area contributed by atoms with Gasteiger partial charge in [-0.25, -0.2) is 15.0 Å². The number of nitrogens with two attached hydrogens (primary N) is 1. The predicted molar refractivity (Wildman–Crippen MR) is 69.4 cm³/mol. The number of anilines is 2. The van der Waals surface area contributed by atoms with Gasteiger partial charge in [-0.15, -0.1) is 0 Å². The van der Waals surface area contributed by atoms with E-state index < -0.39 is 4.92 Å². The second kappa shape index (κ2) is 5.25. The molecule has 98 valence electrons. The van der Waals surface area contributed by atoms with Gasteiger partial charge in [0.2, 0.25) is 5.82 Å². The summed E-state index contributed by atoms with van der Waals surface area (Å²) in [6.45, 7) is 1.87. The third-order valence-electron chi connectivity index (χ3n) is 2.45. The minimum absolute atomic E-state index is 0.0496. The zero-order valence-electron chi connectivity index (χ0n) is 10.2. The van der Waals surface area contributed by atoms with Crippen LogP contribution >= 0.6 is 0 Å². The number of hydrogen-bond donors (Lipinski definition) is 2. The van der Waals surface area contributed by atoms with Crippen LogP contribution in [0, 0.1) is 17.0 Å². The van der Waals surface area contributed by atoms with E-state index in [0.29, 0.717) is 17.2 Å². The summed E-state index contributed by atoms with van der Waals surface area (Å²) >= 11 is 0. The number of hydrogen-bond acceptors (Lipinski definition) is 7. The molecular weight excluding hydrogens is 248 g/mol. The van der Waals surface area contributed by atoms with Crippen LogP contribution in [-0.4, -0.2) is 19.9 Å². The van der Waals surface area contributed by atoms with Crippen molar-refractivity contribution in [3.63, 3.8) is 0 Å². The Hall–Kier alpha value is -2.77. The summed E-state index contributed by atoms with van der Waals surface area (Å²) < 4.78 is 0. The van der Waals surface area contributed by atoms with Crippen LogP contribution in [0.2, 0.25) is 0 Å². The molecule has 0 aliphatic carbocycles. The first-order valence-corrected chi connectivity index (χ1v) is 5.49. The summed E-state index contributed by atoms with van der Waals surface area (Å²) in [6.07, 6.45) is 3.03. The highest BCUT2D eigenvalue weighted by molar-refractivity contribution is 5.59. The number of pyridine rings is 1. The summed E-state index contributed by atoms with van der Waals surface area (Å²) in [7, 11) is 0. The third kappa shape index (κ3) is 2.92. The van der Waals surface area contributed by atoms with Crippen molar-refractivity contribution in [2.45, 2.75) is 13.5 Å². The third-order valence-corrected chi connectivity index (χ3v) is 2.45. The van der Waals surface area contributed by atoms with Gasteiger partial charge in [-0.05, 0) is 19.1 Å². The first kappa shape index (κ1) is 12.7. The smallest absolute Gasteiger partial charge is 0.314 e. The molecule has 0 radical (unpaired) electrons. The molecule has 3 N–H and O–H groups in total. The highest BCUT2D eigenvalue weighted by Crippen LogP contribution is 2.25. The van der Waals surface area contributed by atoms with Crippen LogP contribution in [0.5, 0.6) is 0 Å². The normalized spacial score (nSPS) is 10.2. The van der Waals surface area contributed by atoms with Crippen molar-refractivity contribution in [1.82, 2.24) is 15.0 Å². The van der Waals surface area contributed by atoms with Crippen molar-refractivity contribution >= 4 is 17.3 Å². The molecule has 0 atom stereocenters. The van der Waals surface area contributed by atoms with Gasteiger partial charge in [0.25, 0.3) is 0 Å². The molecule has 0 unspecified atom stereocenters. The lowest BCUT2D eigenvalue weighted by molar-refractivity contribution is -0.384. The summed E-state index contributed by atoms with van der Waals surface area (Å²) in [5, 5.41) is 13.8. The average molecular weight is 260 g/mol. The number of aryl methyl sites for hydroxylation is 1. The molecule has 0 fully saturated rings. The van der Waals surface area contributed by atoms with Crippen LogP contribution in [-0.2, 0) is 6.54 Å². The number of nitrogen functional groups attached to an aromatic ring is 1. The number of nitrogens with zero attached hydrogens (tertiary/aromatic N) is 4. The van der Waals surface area contributed by atoms with Gasteiger partial charge in [0.1, 0.15) is 11.6 Å². The minimum atomic E-state index is -0.467. The van der Waals surface area contributed by atoms with Gasteiger partial charge >= 0.3 is 5.69 Å². The van der Waals surface area contributed by atoms with E-state index >= 15 is 0 Å². The maximum absolute atomic E-state index is 11.0. The van der Waals surface area contributed by atoms with Crippen molar-refractivity contribution < 1.29 is 4.92 Å². The molecule has 19 heavy (non-hydrogen) atoms. The number of aromatic nitrogens is 3. The van der Waals surface area contributed by atoms with E-state index in [1.165, 1.54) is 12.4 Å². The van der Waals surface area contributed by atoms with Gasteiger partial charge in [-0.1, -0.05) is 0 Å². The van der Waals surface area contributed by atoms with Crippen LogP contribution in [0.1, 0.15) is 11.4 Å². The maximum Gasteiger partial charge on any atom is 0.314 e. The molecular formula is C11H12N6O2. The van der Waals surface area contributed by atoms with Crippen LogP contribution in [0.25, 0.3) is 0 Å². The first-order valence-electron chi connectivity index (χ1n) is 5.49. The van der Waals surface area contributed by atoms with E-state index in [9.17, 15) is 10.1 Å². The van der Waals surface area contributed by atoms with Crippen LogP contribution in [0.3, 0.4) is 0 Å². The molecule has 0 spiro atoms. The predicted octanol–water partition coefficient (Wildman–Crippen LogP) is 1.28. The number of nitro groups is 1. The first-order chi connectivity index (χ1) is 9.08. The molecule has 0 saturated heterocycles. The monoisotopic (exact) mass is 260 g/mol. The summed E-state index contributed by atoms with van der Waals surface area (Å²) in [4.78, 5) is 22.5. The fourth-order valence-electron chi connectivity index (χ4n) is 1.57. The molecule has 2 heterocycles. The van der Waals surface area contributed by atoms with Gasteiger partial charge in [-0.3, -0.25) is 10.1 Å². The van der Waals surface area contributed by atoms with E-state index in [-0.39, 0.29) is 18.1 Å². The lowest BCUT2D eigenvalue weighted by Crippen LogP contribution is -2.09. The lowest BCUT2D eigenvalue weighted by atomic mass is 10.2. The Morgan fingerprint density at radius 2 is 2.11 bits per heavy atom. The molecule has 0 aliphatic heterocycles. The molecule has 2 rings (SSSR count). The van der Waals surface area contributed by atoms with E-state index in [1.54, 1.807) is 19.1 Å². The molecule has 8 nitrogen and oxygen atoms in total. The summed E-state index contributed by atoms with van der Waals surface area (Å²) in [5.41, 5.74) is 6.02. The summed E-state index contributed by atoms with van der Waals surface area (Å²) in [5.74, 6) is 0.979. The minimum Gasteiger partial charge on any atom is -0.384 e. The van der Waals surface area contributed by atoms with Crippen molar-refractivity contribution in [3.8, 4) is 0 Å². The van der Waals surface area contributed by atoms with Crippen molar-refractivity contribution in [2.24, 2.45) is 0 Å². The van der Waals surface area contributed by atoms with Crippen LogP contribution < -0.4 is 11.1 Å². The Labute approximate surface area is 108 Å². The second-order valence-corrected chi connectivity index (χ2v) is 3.83. The maximum atomic E-state index is 11.0. The molecule has 0 saturated carbocycles. The molecule has 8 heteroatoms. The van der Waals surface area contributed by atoms with Gasteiger partial charge in [0.15, 0.2) is 0 Å². The fraction of sp³-hybridized carbons (Fsp3) is 0.182. The average Bonchev–Trinajstić information content (AvgIpc) is 2.36. The molecule has 2 aromatic rings. The molecule has 0 amide bonds. The quantitative estimate of drug-likeness (QED) is 0.627. The molecule has 0 bridgehead atoms. The van der Waals surface area contributed by atoms with Crippen molar-refractivity contribution in [1.29, 1.82) is 0 Å². The van der Waals surface area contributed by atoms with Gasteiger partial charge in [0.05, 0.1) is 11.5 Å². The topological polar surface area (TPSA) is 120 Å². The Kier molecular flexibility index (Phi) is 3.51. The Bertz CT molecular complexity index is 616. The summed E-state index contributed by atoms with van der Waals surface area (Å²) in [6, 6.07) is 3.15. The Morgan fingerprint density at radius 1 is 1.37 bits per heavy atom. The largest absolute Gasteiger partial charge is 0.384 e. The Balaban J connectivity index is 2.20. The highest BCUT2D eigenvalue weighted by Gasteiger charge is 2.18. The van der Waals surface area contributed by atoms with E-state index in [0.717, 1.165) is 0 Å². The fourth-order valence-corrected chi connectivity index (χ4v) is 1.57. The van der Waals surface area contributed by atoms with Crippen LogP contribution in [0.15, 0.2) is 24.5 Å². The zero-order valence-corrected chi connectivity index (χ0v) is 10.2. The number of rotatable bonds is 4. The highest BCUT2D eigenvalue weighted by atomic mass is 16.6. The van der Waals surface area contributed by atoms with E-state index in [4.69, 9.17) is 5.73 Å². The number of nitrogens with one attached hydrogen (secondary N) is 1. The van der Waals surface area contributed by atoms with E-state index in [2.05, 4.69) is 20.3 Å². The van der Waals surface area contributed by atoms with Crippen LogP contribution in [0.4, 0.5) is 17.3 Å².